The first-order valence-corrected chi connectivity index (χ1v) is 6.09. The number of carboxylic acid groups (broad SMARTS) is 1. The summed E-state index contributed by atoms with van der Waals surface area (Å²) in [5, 5.41) is 9.01. The van der Waals surface area contributed by atoms with Gasteiger partial charge in [0.15, 0.2) is 12.1 Å². The van der Waals surface area contributed by atoms with Gasteiger partial charge in [-0.2, -0.15) is 0 Å². The summed E-state index contributed by atoms with van der Waals surface area (Å²) in [5.41, 5.74) is -0.189. The van der Waals surface area contributed by atoms with E-state index in [1.165, 1.54) is 14.0 Å². The van der Waals surface area contributed by atoms with E-state index in [0.29, 0.717) is 0 Å². The van der Waals surface area contributed by atoms with Crippen molar-refractivity contribution in [2.24, 2.45) is 17.3 Å². The van der Waals surface area contributed by atoms with Crippen molar-refractivity contribution >= 4 is 11.8 Å². The minimum atomic E-state index is -0.916. The highest BCUT2D eigenvalue weighted by molar-refractivity contribution is 5.82. The first-order valence-electron chi connectivity index (χ1n) is 6.09. The second kappa shape index (κ2) is 5.36. The Bertz CT molecular complexity index is 331. The SMILES string of the molecule is COC1O[C@@H](C(C)=O)[C@H](CC(=O)O)[C@@H]1C(C)(C)C. The molecule has 0 spiro atoms. The Hall–Kier alpha value is -0.940. The molecular weight excluding hydrogens is 236 g/mol. The Balaban J connectivity index is 3.07. The lowest BCUT2D eigenvalue weighted by atomic mass is 9.71. The fourth-order valence-electron chi connectivity index (χ4n) is 2.81. The lowest BCUT2D eigenvalue weighted by Crippen LogP contribution is -2.36. The molecule has 0 aromatic carbocycles. The maximum absolute atomic E-state index is 11.6. The molecule has 104 valence electrons. The number of aliphatic carboxylic acids is 1. The summed E-state index contributed by atoms with van der Waals surface area (Å²) in [4.78, 5) is 22.6. The number of Topliss-reactive ketones (excluding diaryl/α,β-unsaturated/α-hetero) is 1. The van der Waals surface area contributed by atoms with Gasteiger partial charge in [0.05, 0.1) is 6.42 Å². The van der Waals surface area contributed by atoms with Crippen LogP contribution in [0.15, 0.2) is 0 Å². The van der Waals surface area contributed by atoms with Gasteiger partial charge in [-0.1, -0.05) is 20.8 Å². The molecule has 0 aromatic heterocycles. The van der Waals surface area contributed by atoms with Gasteiger partial charge in [0.2, 0.25) is 0 Å². The summed E-state index contributed by atoms with van der Waals surface area (Å²) >= 11 is 0. The maximum Gasteiger partial charge on any atom is 0.303 e. The van der Waals surface area contributed by atoms with Crippen molar-refractivity contribution in [1.29, 1.82) is 0 Å². The molecule has 1 aliphatic heterocycles. The summed E-state index contributed by atoms with van der Waals surface area (Å²) in [6.45, 7) is 7.44. The number of hydrogen-bond acceptors (Lipinski definition) is 4. The van der Waals surface area contributed by atoms with Crippen LogP contribution in [0.1, 0.15) is 34.1 Å². The number of ether oxygens (including phenoxy) is 2. The molecule has 1 saturated heterocycles. The van der Waals surface area contributed by atoms with E-state index in [4.69, 9.17) is 14.6 Å². The minimum Gasteiger partial charge on any atom is -0.481 e. The third kappa shape index (κ3) is 3.09. The van der Waals surface area contributed by atoms with Crippen molar-refractivity contribution in [2.75, 3.05) is 7.11 Å². The predicted molar refractivity (Wildman–Crippen MR) is 65.0 cm³/mol. The molecule has 0 radical (unpaired) electrons. The van der Waals surface area contributed by atoms with Gasteiger partial charge in [0.1, 0.15) is 6.10 Å². The molecule has 1 aliphatic rings. The fourth-order valence-corrected chi connectivity index (χ4v) is 2.81. The van der Waals surface area contributed by atoms with Gasteiger partial charge in [0, 0.05) is 18.9 Å². The first-order chi connectivity index (χ1) is 8.18. The second-order valence-electron chi connectivity index (χ2n) is 5.92. The minimum absolute atomic E-state index is 0.0773. The second-order valence-corrected chi connectivity index (χ2v) is 5.92. The van der Waals surface area contributed by atoms with Crippen LogP contribution in [0.3, 0.4) is 0 Å². The number of carbonyl (C=O) groups is 2. The van der Waals surface area contributed by atoms with Crippen LogP contribution in [0.2, 0.25) is 0 Å². The zero-order valence-electron chi connectivity index (χ0n) is 11.6. The van der Waals surface area contributed by atoms with Gasteiger partial charge in [-0.05, 0) is 12.3 Å². The molecule has 18 heavy (non-hydrogen) atoms. The Morgan fingerprint density at radius 3 is 2.22 bits per heavy atom. The van der Waals surface area contributed by atoms with E-state index >= 15 is 0 Å². The number of ketones is 1. The smallest absolute Gasteiger partial charge is 0.303 e. The normalized spacial score (nSPS) is 32.5. The molecule has 1 fully saturated rings. The fraction of sp³-hybridized carbons (Fsp3) is 0.846. The van der Waals surface area contributed by atoms with E-state index in [1.807, 2.05) is 20.8 Å². The lowest BCUT2D eigenvalue weighted by molar-refractivity contribution is -0.157. The number of methoxy groups -OCH3 is 1. The predicted octanol–water partition coefficient (Wildman–Crippen LogP) is 1.70. The highest BCUT2D eigenvalue weighted by Gasteiger charge is 2.51. The standard InChI is InChI=1S/C13H22O5/c1-7(14)11-8(6-9(15)16)10(13(2,3)4)12(17-5)18-11/h8,10-12H,6H2,1-5H3,(H,15,16)/t8-,10+,11+,12?/m1/s1. The number of carboxylic acids is 1. The number of carbonyl (C=O) groups excluding carboxylic acids is 1. The molecule has 0 amide bonds. The summed E-state index contributed by atoms with van der Waals surface area (Å²) < 4.78 is 10.9. The average Bonchev–Trinajstić information content (AvgIpc) is 2.54. The Kier molecular flexibility index (Phi) is 4.50. The zero-order valence-corrected chi connectivity index (χ0v) is 11.6. The van der Waals surface area contributed by atoms with Crippen molar-refractivity contribution in [3.05, 3.63) is 0 Å². The van der Waals surface area contributed by atoms with E-state index in [2.05, 4.69) is 0 Å². The topological polar surface area (TPSA) is 72.8 Å². The third-order valence-corrected chi connectivity index (χ3v) is 3.47. The average molecular weight is 258 g/mol. The molecular formula is C13H22O5. The molecule has 1 rings (SSSR count). The molecule has 1 N–H and O–H groups in total. The van der Waals surface area contributed by atoms with Crippen molar-refractivity contribution in [3.8, 4) is 0 Å². The van der Waals surface area contributed by atoms with Gasteiger partial charge in [-0.25, -0.2) is 0 Å². The van der Waals surface area contributed by atoms with Gasteiger partial charge >= 0.3 is 5.97 Å². The highest BCUT2D eigenvalue weighted by Crippen LogP contribution is 2.45. The third-order valence-electron chi connectivity index (χ3n) is 3.47. The highest BCUT2D eigenvalue weighted by atomic mass is 16.7. The van der Waals surface area contributed by atoms with Crippen LogP contribution in [0.4, 0.5) is 0 Å². The monoisotopic (exact) mass is 258 g/mol. The Morgan fingerprint density at radius 1 is 1.33 bits per heavy atom. The molecule has 0 saturated carbocycles. The largest absolute Gasteiger partial charge is 0.481 e. The van der Waals surface area contributed by atoms with Gasteiger partial charge < -0.3 is 14.6 Å². The summed E-state index contributed by atoms with van der Waals surface area (Å²) in [5.74, 6) is -1.52. The molecule has 5 nitrogen and oxygen atoms in total. The van der Waals surface area contributed by atoms with E-state index in [-0.39, 0.29) is 29.5 Å². The van der Waals surface area contributed by atoms with Crippen LogP contribution >= 0.6 is 0 Å². The van der Waals surface area contributed by atoms with Crippen molar-refractivity contribution < 1.29 is 24.2 Å². The summed E-state index contributed by atoms with van der Waals surface area (Å²) in [7, 11) is 1.52. The van der Waals surface area contributed by atoms with E-state index < -0.39 is 18.4 Å². The van der Waals surface area contributed by atoms with Gasteiger partial charge in [-0.15, -0.1) is 0 Å². The lowest BCUT2D eigenvalue weighted by Gasteiger charge is -2.33. The van der Waals surface area contributed by atoms with Crippen molar-refractivity contribution in [1.82, 2.24) is 0 Å². The first kappa shape index (κ1) is 15.1. The Morgan fingerprint density at radius 2 is 1.89 bits per heavy atom. The van der Waals surface area contributed by atoms with Crippen LogP contribution in [0, 0.1) is 17.3 Å². The maximum atomic E-state index is 11.6. The zero-order chi connectivity index (χ0) is 14.1. The van der Waals surface area contributed by atoms with Crippen LogP contribution in [-0.2, 0) is 19.1 Å². The molecule has 5 heteroatoms. The van der Waals surface area contributed by atoms with Crippen molar-refractivity contribution in [3.63, 3.8) is 0 Å². The number of hydrogen-bond donors (Lipinski definition) is 1. The molecule has 0 aliphatic carbocycles. The molecule has 1 unspecified atom stereocenters. The van der Waals surface area contributed by atoms with E-state index in [1.54, 1.807) is 0 Å². The van der Waals surface area contributed by atoms with Crippen LogP contribution in [0.5, 0.6) is 0 Å². The molecule has 1 heterocycles. The van der Waals surface area contributed by atoms with E-state index in [9.17, 15) is 9.59 Å². The van der Waals surface area contributed by atoms with Gasteiger partial charge in [0.25, 0.3) is 0 Å². The summed E-state index contributed by atoms with van der Waals surface area (Å²) in [6, 6.07) is 0. The Labute approximate surface area is 107 Å². The van der Waals surface area contributed by atoms with Crippen molar-refractivity contribution in [2.45, 2.75) is 46.5 Å². The van der Waals surface area contributed by atoms with E-state index in [0.717, 1.165) is 0 Å². The number of rotatable bonds is 4. The van der Waals surface area contributed by atoms with Gasteiger partial charge in [-0.3, -0.25) is 9.59 Å². The quantitative estimate of drug-likeness (QED) is 0.830. The molecule has 0 aromatic rings. The van der Waals surface area contributed by atoms with Crippen LogP contribution in [-0.4, -0.2) is 36.4 Å². The van der Waals surface area contributed by atoms with Crippen LogP contribution in [0.25, 0.3) is 0 Å². The summed E-state index contributed by atoms with van der Waals surface area (Å²) in [6.07, 6.45) is -1.29. The molecule has 0 bridgehead atoms. The molecule has 4 atom stereocenters. The van der Waals surface area contributed by atoms with Crippen LogP contribution < -0.4 is 0 Å².